The number of fused-ring (bicyclic) bond motifs is 1. The predicted molar refractivity (Wildman–Crippen MR) is 81.2 cm³/mol. The van der Waals surface area contributed by atoms with Crippen LogP contribution >= 0.6 is 23.2 Å². The first kappa shape index (κ1) is 14.4. The van der Waals surface area contributed by atoms with E-state index in [-0.39, 0.29) is 0 Å². The average Bonchev–Trinajstić information content (AvgIpc) is 2.96. The van der Waals surface area contributed by atoms with Crippen LogP contribution in [0, 0.1) is 0 Å². The van der Waals surface area contributed by atoms with Crippen molar-refractivity contribution < 1.29 is 9.47 Å². The molecule has 0 bridgehead atoms. The normalized spacial score (nSPS) is 12.7. The smallest absolute Gasteiger partial charge is 0.231 e. The Labute approximate surface area is 133 Å². The Morgan fingerprint density at radius 3 is 2.71 bits per heavy atom. The quantitative estimate of drug-likeness (QED) is 0.785. The van der Waals surface area contributed by atoms with E-state index in [1.165, 1.54) is 11.9 Å². The molecule has 0 aliphatic carbocycles. The Hall–Kier alpha value is -1.52. The van der Waals surface area contributed by atoms with Crippen LogP contribution in [0.25, 0.3) is 0 Å². The Balaban J connectivity index is 1.61. The van der Waals surface area contributed by atoms with Crippen LogP contribution < -0.4 is 9.47 Å². The van der Waals surface area contributed by atoms with Crippen LogP contribution in [0.3, 0.4) is 0 Å². The van der Waals surface area contributed by atoms with E-state index in [4.69, 9.17) is 32.7 Å². The van der Waals surface area contributed by atoms with E-state index in [9.17, 15) is 0 Å². The van der Waals surface area contributed by atoms with Gasteiger partial charge in [-0.05, 0) is 37.0 Å². The van der Waals surface area contributed by atoms with Crippen molar-refractivity contribution in [3.8, 4) is 11.5 Å². The Kier molecular flexibility index (Phi) is 4.46. The number of nitrogens with zero attached hydrogens (tertiary/aromatic N) is 2. The molecule has 0 unspecified atom stereocenters. The van der Waals surface area contributed by atoms with Crippen molar-refractivity contribution in [1.82, 2.24) is 9.97 Å². The molecule has 1 aromatic carbocycles. The molecule has 0 saturated heterocycles. The van der Waals surface area contributed by atoms with Crippen LogP contribution in [0.1, 0.15) is 23.4 Å². The van der Waals surface area contributed by atoms with E-state index in [0.29, 0.717) is 23.4 Å². The highest BCUT2D eigenvalue weighted by atomic mass is 35.5. The summed E-state index contributed by atoms with van der Waals surface area (Å²) in [5.41, 5.74) is 2.75. The van der Waals surface area contributed by atoms with Gasteiger partial charge in [0.25, 0.3) is 0 Å². The maximum absolute atomic E-state index is 6.22. The fourth-order valence-electron chi connectivity index (χ4n) is 2.27. The number of ether oxygens (including phenoxy) is 2. The summed E-state index contributed by atoms with van der Waals surface area (Å²) in [5, 5.41) is 0.582. The second-order valence-electron chi connectivity index (χ2n) is 4.76. The summed E-state index contributed by atoms with van der Waals surface area (Å²) in [6.07, 6.45) is 4.17. The molecular formula is C15H14Cl2N2O2. The summed E-state index contributed by atoms with van der Waals surface area (Å²) in [6.45, 7) is 0.302. The van der Waals surface area contributed by atoms with Crippen LogP contribution in [0.4, 0.5) is 0 Å². The first-order valence-corrected chi connectivity index (χ1v) is 7.62. The minimum absolute atomic E-state index is 0.302. The van der Waals surface area contributed by atoms with E-state index in [1.54, 1.807) is 0 Å². The highest BCUT2D eigenvalue weighted by Crippen LogP contribution is 2.33. The van der Waals surface area contributed by atoms with Gasteiger partial charge in [0.05, 0.1) is 22.3 Å². The second kappa shape index (κ2) is 6.50. The molecule has 0 spiro atoms. The standard InChI is InChI=1S/C15H14Cl2N2O2/c16-7-12-15(17)11(18-8-19-12)3-1-2-10-4-5-13-14(6-10)21-9-20-13/h4-6,8H,1-3,7,9H2. The third-order valence-corrected chi connectivity index (χ3v) is 4.07. The van der Waals surface area contributed by atoms with Gasteiger partial charge in [-0.25, -0.2) is 9.97 Å². The van der Waals surface area contributed by atoms with E-state index in [0.717, 1.165) is 36.5 Å². The lowest BCUT2D eigenvalue weighted by Crippen LogP contribution is -1.99. The van der Waals surface area contributed by atoms with Gasteiger partial charge >= 0.3 is 0 Å². The topological polar surface area (TPSA) is 44.2 Å². The van der Waals surface area contributed by atoms with Gasteiger partial charge in [-0.15, -0.1) is 11.6 Å². The highest BCUT2D eigenvalue weighted by molar-refractivity contribution is 6.32. The van der Waals surface area contributed by atoms with Gasteiger partial charge in [-0.2, -0.15) is 0 Å². The Morgan fingerprint density at radius 2 is 1.86 bits per heavy atom. The number of aromatic nitrogens is 2. The fourth-order valence-corrected chi connectivity index (χ4v) is 2.80. The molecule has 6 heteroatoms. The first-order chi connectivity index (χ1) is 10.3. The zero-order valence-corrected chi connectivity index (χ0v) is 12.8. The van der Waals surface area contributed by atoms with Gasteiger partial charge in [0, 0.05) is 0 Å². The molecule has 0 saturated carbocycles. The van der Waals surface area contributed by atoms with Gasteiger partial charge in [0.15, 0.2) is 11.5 Å². The van der Waals surface area contributed by atoms with E-state index < -0.39 is 0 Å². The monoisotopic (exact) mass is 324 g/mol. The zero-order valence-electron chi connectivity index (χ0n) is 11.3. The van der Waals surface area contributed by atoms with Gasteiger partial charge in [0.2, 0.25) is 6.79 Å². The number of aryl methyl sites for hydroxylation is 2. The largest absolute Gasteiger partial charge is 0.454 e. The van der Waals surface area contributed by atoms with Crippen molar-refractivity contribution in [3.05, 3.63) is 46.5 Å². The van der Waals surface area contributed by atoms with Gasteiger partial charge in [-0.3, -0.25) is 0 Å². The molecule has 1 aliphatic heterocycles. The Morgan fingerprint density at radius 1 is 1.05 bits per heavy atom. The molecule has 110 valence electrons. The predicted octanol–water partition coefficient (Wildman–Crippen LogP) is 3.77. The lowest BCUT2D eigenvalue weighted by Gasteiger charge is -2.06. The molecule has 1 aromatic heterocycles. The SMILES string of the molecule is ClCc1ncnc(CCCc2ccc3c(c2)OCO3)c1Cl. The van der Waals surface area contributed by atoms with Crippen molar-refractivity contribution in [2.24, 2.45) is 0 Å². The molecule has 1 aliphatic rings. The molecule has 3 rings (SSSR count). The third-order valence-electron chi connectivity index (χ3n) is 3.38. The van der Waals surface area contributed by atoms with Crippen molar-refractivity contribution in [1.29, 1.82) is 0 Å². The lowest BCUT2D eigenvalue weighted by molar-refractivity contribution is 0.174. The molecule has 0 atom stereocenters. The van der Waals surface area contributed by atoms with E-state index in [2.05, 4.69) is 16.0 Å². The highest BCUT2D eigenvalue weighted by Gasteiger charge is 2.13. The molecule has 0 amide bonds. The maximum Gasteiger partial charge on any atom is 0.231 e. The fraction of sp³-hybridized carbons (Fsp3) is 0.333. The van der Waals surface area contributed by atoms with Crippen molar-refractivity contribution in [3.63, 3.8) is 0 Å². The van der Waals surface area contributed by atoms with Crippen LogP contribution in [-0.4, -0.2) is 16.8 Å². The van der Waals surface area contributed by atoms with Crippen LogP contribution in [0.2, 0.25) is 5.02 Å². The zero-order chi connectivity index (χ0) is 14.7. The lowest BCUT2D eigenvalue weighted by atomic mass is 10.1. The molecule has 2 aromatic rings. The minimum atomic E-state index is 0.302. The summed E-state index contributed by atoms with van der Waals surface area (Å²) in [4.78, 5) is 8.29. The summed E-state index contributed by atoms with van der Waals surface area (Å²) < 4.78 is 10.7. The molecule has 2 heterocycles. The molecular weight excluding hydrogens is 311 g/mol. The number of hydrogen-bond acceptors (Lipinski definition) is 4. The summed E-state index contributed by atoms with van der Waals surface area (Å²) in [6, 6.07) is 6.02. The third kappa shape index (κ3) is 3.22. The van der Waals surface area contributed by atoms with Crippen LogP contribution in [0.5, 0.6) is 11.5 Å². The molecule has 0 fully saturated rings. The average molecular weight is 325 g/mol. The molecule has 0 radical (unpaired) electrons. The van der Waals surface area contributed by atoms with Crippen molar-refractivity contribution in [2.75, 3.05) is 6.79 Å². The second-order valence-corrected chi connectivity index (χ2v) is 5.40. The van der Waals surface area contributed by atoms with Crippen molar-refractivity contribution >= 4 is 23.2 Å². The maximum atomic E-state index is 6.22. The van der Waals surface area contributed by atoms with Crippen LogP contribution in [-0.2, 0) is 18.7 Å². The van der Waals surface area contributed by atoms with Crippen molar-refractivity contribution in [2.45, 2.75) is 25.1 Å². The minimum Gasteiger partial charge on any atom is -0.454 e. The Bertz CT molecular complexity index is 650. The number of benzene rings is 1. The number of hydrogen-bond donors (Lipinski definition) is 0. The van der Waals surface area contributed by atoms with Gasteiger partial charge in [0.1, 0.15) is 6.33 Å². The van der Waals surface area contributed by atoms with Gasteiger partial charge < -0.3 is 9.47 Å². The summed E-state index contributed by atoms with van der Waals surface area (Å²) >= 11 is 12.0. The number of rotatable bonds is 5. The van der Waals surface area contributed by atoms with E-state index >= 15 is 0 Å². The number of alkyl halides is 1. The number of halogens is 2. The molecule has 0 N–H and O–H groups in total. The summed E-state index contributed by atoms with van der Waals surface area (Å²) in [7, 11) is 0. The summed E-state index contributed by atoms with van der Waals surface area (Å²) in [5.74, 6) is 1.93. The first-order valence-electron chi connectivity index (χ1n) is 6.70. The van der Waals surface area contributed by atoms with Crippen LogP contribution in [0.15, 0.2) is 24.5 Å². The van der Waals surface area contributed by atoms with Gasteiger partial charge in [-0.1, -0.05) is 17.7 Å². The van der Waals surface area contributed by atoms with E-state index in [1.807, 2.05) is 12.1 Å². The molecule has 4 nitrogen and oxygen atoms in total. The molecule has 21 heavy (non-hydrogen) atoms.